The van der Waals surface area contributed by atoms with Gasteiger partial charge >= 0.3 is 0 Å². The summed E-state index contributed by atoms with van der Waals surface area (Å²) in [6.45, 7) is 4.16. The Bertz CT molecular complexity index is 415. The number of aromatic nitrogens is 2. The van der Waals surface area contributed by atoms with E-state index < -0.39 is 0 Å². The van der Waals surface area contributed by atoms with E-state index in [0.717, 1.165) is 31.7 Å². The Morgan fingerprint density at radius 3 is 3.05 bits per heavy atom. The second-order valence-electron chi connectivity index (χ2n) is 6.16. The predicted molar refractivity (Wildman–Crippen MR) is 88.9 cm³/mol. The SMILES string of the molecule is CCCNC(c1csnn1)C1CCOC2(CCSCC2)C1. The van der Waals surface area contributed by atoms with Gasteiger partial charge in [-0.2, -0.15) is 11.8 Å². The van der Waals surface area contributed by atoms with Crippen molar-refractivity contribution in [2.45, 2.75) is 50.7 Å². The minimum Gasteiger partial charge on any atom is -0.375 e. The molecule has 1 aromatic heterocycles. The first-order valence-corrected chi connectivity index (χ1v) is 10.0. The van der Waals surface area contributed by atoms with Crippen LogP contribution in [0.5, 0.6) is 0 Å². The summed E-state index contributed by atoms with van der Waals surface area (Å²) in [4.78, 5) is 0. The van der Waals surface area contributed by atoms with Crippen molar-refractivity contribution in [1.82, 2.24) is 14.9 Å². The van der Waals surface area contributed by atoms with E-state index in [0.29, 0.717) is 12.0 Å². The van der Waals surface area contributed by atoms with Crippen LogP contribution < -0.4 is 5.32 Å². The highest BCUT2D eigenvalue weighted by atomic mass is 32.2. The summed E-state index contributed by atoms with van der Waals surface area (Å²) < 4.78 is 10.3. The second-order valence-corrected chi connectivity index (χ2v) is 7.99. The fraction of sp³-hybridized carbons (Fsp3) is 0.867. The summed E-state index contributed by atoms with van der Waals surface area (Å²) in [5, 5.41) is 10.1. The summed E-state index contributed by atoms with van der Waals surface area (Å²) >= 11 is 3.52. The molecule has 4 nitrogen and oxygen atoms in total. The van der Waals surface area contributed by atoms with Crippen LogP contribution in [0.4, 0.5) is 0 Å². The molecule has 6 heteroatoms. The van der Waals surface area contributed by atoms with Crippen LogP contribution >= 0.6 is 23.3 Å². The number of nitrogens with zero attached hydrogens (tertiary/aromatic N) is 2. The first-order valence-electron chi connectivity index (χ1n) is 8.05. The maximum Gasteiger partial charge on any atom is 0.0927 e. The normalized spacial score (nSPS) is 26.8. The molecule has 0 radical (unpaired) electrons. The van der Waals surface area contributed by atoms with Gasteiger partial charge in [0.05, 0.1) is 17.3 Å². The Morgan fingerprint density at radius 2 is 2.33 bits per heavy atom. The van der Waals surface area contributed by atoms with Gasteiger partial charge in [-0.15, -0.1) is 5.10 Å². The molecular formula is C15H25N3OS2. The molecule has 1 aromatic rings. The summed E-state index contributed by atoms with van der Waals surface area (Å²) in [5.74, 6) is 3.12. The minimum atomic E-state index is 0.143. The van der Waals surface area contributed by atoms with E-state index in [4.69, 9.17) is 4.74 Å². The van der Waals surface area contributed by atoms with E-state index in [2.05, 4.69) is 39.0 Å². The van der Waals surface area contributed by atoms with Crippen molar-refractivity contribution in [3.05, 3.63) is 11.1 Å². The molecule has 2 unspecified atom stereocenters. The molecule has 118 valence electrons. The molecule has 2 aliphatic rings. The Balaban J connectivity index is 1.72. The van der Waals surface area contributed by atoms with E-state index in [-0.39, 0.29) is 5.60 Å². The lowest BCUT2D eigenvalue weighted by Crippen LogP contribution is -2.46. The Kier molecular flexibility index (Phi) is 5.54. The topological polar surface area (TPSA) is 47.0 Å². The molecule has 2 aliphatic heterocycles. The standard InChI is InChI=1S/C15H25N3OS2/c1-2-6-16-14(13-11-21-18-17-13)12-3-7-19-15(10-12)4-8-20-9-5-15/h11-12,14,16H,2-10H2,1H3. The average Bonchev–Trinajstić information content (AvgIpc) is 3.03. The van der Waals surface area contributed by atoms with Crippen LogP contribution in [0.15, 0.2) is 5.38 Å². The van der Waals surface area contributed by atoms with Gasteiger partial charge in [-0.25, -0.2) is 0 Å². The van der Waals surface area contributed by atoms with Crippen molar-refractivity contribution >= 4 is 23.3 Å². The lowest BCUT2D eigenvalue weighted by Gasteiger charge is -2.45. The third-order valence-electron chi connectivity index (χ3n) is 4.72. The molecule has 0 bridgehead atoms. The van der Waals surface area contributed by atoms with Crippen molar-refractivity contribution in [1.29, 1.82) is 0 Å². The summed E-state index contributed by atoms with van der Waals surface area (Å²) in [6.07, 6.45) is 5.88. The molecule has 2 atom stereocenters. The van der Waals surface area contributed by atoms with Gasteiger partial charge in [0.2, 0.25) is 0 Å². The highest BCUT2D eigenvalue weighted by Crippen LogP contribution is 2.43. The number of thioether (sulfide) groups is 1. The molecular weight excluding hydrogens is 302 g/mol. The minimum absolute atomic E-state index is 0.143. The second kappa shape index (κ2) is 7.40. The average molecular weight is 328 g/mol. The molecule has 2 fully saturated rings. The maximum atomic E-state index is 6.23. The Labute approximate surface area is 135 Å². The molecule has 1 N–H and O–H groups in total. The van der Waals surface area contributed by atoms with Crippen LogP contribution in [-0.2, 0) is 4.74 Å². The van der Waals surface area contributed by atoms with Crippen LogP contribution in [0.1, 0.15) is 50.8 Å². The van der Waals surface area contributed by atoms with Gasteiger partial charge in [0.25, 0.3) is 0 Å². The maximum absolute atomic E-state index is 6.23. The third kappa shape index (κ3) is 3.78. The van der Waals surface area contributed by atoms with E-state index >= 15 is 0 Å². The molecule has 3 heterocycles. The van der Waals surface area contributed by atoms with Crippen LogP contribution in [0.3, 0.4) is 0 Å². The van der Waals surface area contributed by atoms with Gasteiger partial charge < -0.3 is 10.1 Å². The quantitative estimate of drug-likeness (QED) is 0.899. The van der Waals surface area contributed by atoms with E-state index in [1.807, 2.05) is 0 Å². The number of ether oxygens (including phenoxy) is 1. The van der Waals surface area contributed by atoms with Crippen LogP contribution in [0.25, 0.3) is 0 Å². The predicted octanol–water partition coefficient (Wildman–Crippen LogP) is 3.27. The number of rotatable bonds is 5. The summed E-state index contributed by atoms with van der Waals surface area (Å²) in [7, 11) is 0. The van der Waals surface area contributed by atoms with Gasteiger partial charge in [-0.3, -0.25) is 0 Å². The first-order chi connectivity index (χ1) is 10.3. The molecule has 0 aromatic carbocycles. The van der Waals surface area contributed by atoms with E-state index in [9.17, 15) is 0 Å². The van der Waals surface area contributed by atoms with Crippen molar-refractivity contribution < 1.29 is 4.74 Å². The summed E-state index contributed by atoms with van der Waals surface area (Å²) in [6, 6.07) is 0.346. The number of hydrogen-bond acceptors (Lipinski definition) is 6. The van der Waals surface area contributed by atoms with Gasteiger partial charge in [-0.05, 0) is 67.6 Å². The van der Waals surface area contributed by atoms with Crippen molar-refractivity contribution in [3.8, 4) is 0 Å². The molecule has 3 rings (SSSR count). The monoisotopic (exact) mass is 327 g/mol. The number of nitrogens with one attached hydrogen (secondary N) is 1. The smallest absolute Gasteiger partial charge is 0.0927 e. The van der Waals surface area contributed by atoms with Gasteiger partial charge in [0.15, 0.2) is 0 Å². The molecule has 0 amide bonds. The van der Waals surface area contributed by atoms with E-state index in [1.54, 1.807) is 0 Å². The van der Waals surface area contributed by atoms with Crippen molar-refractivity contribution in [2.75, 3.05) is 24.7 Å². The van der Waals surface area contributed by atoms with Crippen molar-refractivity contribution in [3.63, 3.8) is 0 Å². The van der Waals surface area contributed by atoms with Crippen LogP contribution in [0.2, 0.25) is 0 Å². The lowest BCUT2D eigenvalue weighted by molar-refractivity contribution is -0.107. The zero-order valence-corrected chi connectivity index (χ0v) is 14.3. The first kappa shape index (κ1) is 15.7. The molecule has 0 aliphatic carbocycles. The van der Waals surface area contributed by atoms with Crippen LogP contribution in [-0.4, -0.2) is 39.8 Å². The highest BCUT2D eigenvalue weighted by Gasteiger charge is 2.41. The van der Waals surface area contributed by atoms with E-state index in [1.165, 1.54) is 42.3 Å². The molecule has 0 saturated carbocycles. The highest BCUT2D eigenvalue weighted by molar-refractivity contribution is 7.99. The lowest BCUT2D eigenvalue weighted by atomic mass is 9.78. The molecule has 2 saturated heterocycles. The summed E-state index contributed by atoms with van der Waals surface area (Å²) in [5.41, 5.74) is 1.27. The zero-order valence-electron chi connectivity index (χ0n) is 12.7. The largest absolute Gasteiger partial charge is 0.375 e. The fourth-order valence-corrected chi connectivity index (χ4v) is 5.29. The van der Waals surface area contributed by atoms with Gasteiger partial charge in [0.1, 0.15) is 0 Å². The van der Waals surface area contributed by atoms with Crippen LogP contribution in [0, 0.1) is 5.92 Å². The van der Waals surface area contributed by atoms with Crippen molar-refractivity contribution in [2.24, 2.45) is 5.92 Å². The molecule has 1 spiro atoms. The molecule has 21 heavy (non-hydrogen) atoms. The fourth-order valence-electron chi connectivity index (χ4n) is 3.56. The third-order valence-corrected chi connectivity index (χ3v) is 6.22. The Hall–Kier alpha value is -0.170. The van der Waals surface area contributed by atoms with Gasteiger partial charge in [-0.1, -0.05) is 11.4 Å². The van der Waals surface area contributed by atoms with Gasteiger partial charge in [0, 0.05) is 12.0 Å². The number of hydrogen-bond donors (Lipinski definition) is 1. The zero-order chi connectivity index (χ0) is 14.5. The Morgan fingerprint density at radius 1 is 1.48 bits per heavy atom.